The van der Waals surface area contributed by atoms with E-state index in [1.165, 1.54) is 81.6 Å². The molecule has 1 aromatic rings. The maximum Gasteiger partial charge on any atom is 0.128 e. The van der Waals surface area contributed by atoms with Crippen molar-refractivity contribution in [3.8, 4) is 0 Å². The maximum atomic E-state index is 4.80. The first-order valence-electron chi connectivity index (χ1n) is 8.75. The Morgan fingerprint density at radius 1 is 1.14 bits per heavy atom. The van der Waals surface area contributed by atoms with E-state index in [9.17, 15) is 0 Å². The summed E-state index contributed by atoms with van der Waals surface area (Å²) >= 11 is 0. The van der Waals surface area contributed by atoms with Gasteiger partial charge in [-0.1, -0.05) is 6.92 Å². The third-order valence-electron chi connectivity index (χ3n) is 5.05. The summed E-state index contributed by atoms with van der Waals surface area (Å²) in [5.41, 5.74) is 2.89. The molecule has 1 unspecified atom stereocenters. The molecule has 116 valence electrons. The van der Waals surface area contributed by atoms with E-state index < -0.39 is 0 Å². The number of aromatic nitrogens is 1. The van der Waals surface area contributed by atoms with Crippen molar-refractivity contribution in [2.75, 3.05) is 31.1 Å². The largest absolute Gasteiger partial charge is 0.357 e. The van der Waals surface area contributed by atoms with E-state index in [1.54, 1.807) is 0 Å². The van der Waals surface area contributed by atoms with Gasteiger partial charge in [-0.15, -0.1) is 0 Å². The summed E-state index contributed by atoms with van der Waals surface area (Å²) in [6, 6.07) is 2.93. The number of nitrogens with zero attached hydrogens (tertiary/aromatic N) is 3. The van der Waals surface area contributed by atoms with E-state index >= 15 is 0 Å². The Morgan fingerprint density at radius 3 is 2.67 bits per heavy atom. The van der Waals surface area contributed by atoms with Gasteiger partial charge >= 0.3 is 0 Å². The number of rotatable bonds is 4. The van der Waals surface area contributed by atoms with Gasteiger partial charge in [0, 0.05) is 25.3 Å². The van der Waals surface area contributed by atoms with Crippen molar-refractivity contribution in [3.05, 3.63) is 23.4 Å². The van der Waals surface area contributed by atoms with Crippen molar-refractivity contribution < 1.29 is 0 Å². The van der Waals surface area contributed by atoms with E-state index in [2.05, 4.69) is 35.9 Å². The van der Waals surface area contributed by atoms with Crippen molar-refractivity contribution in [3.63, 3.8) is 0 Å². The highest BCUT2D eigenvalue weighted by Gasteiger charge is 2.27. The summed E-state index contributed by atoms with van der Waals surface area (Å²) in [5, 5.41) is 0. The third kappa shape index (κ3) is 3.23. The molecule has 0 radical (unpaired) electrons. The standard InChI is InChI=1S/C18H29N3/c1-3-9-20-12-7-8-17(20)16-14-19-18(13-15(16)2)21-10-5-4-6-11-21/h13-14,17H,3-12H2,1-2H3. The molecule has 0 bridgehead atoms. The quantitative estimate of drug-likeness (QED) is 0.836. The summed E-state index contributed by atoms with van der Waals surface area (Å²) < 4.78 is 0. The molecule has 1 atom stereocenters. The SMILES string of the molecule is CCCN1CCCC1c1cnc(N2CCCCC2)cc1C. The van der Waals surface area contributed by atoms with Crippen LogP contribution < -0.4 is 4.90 Å². The molecule has 2 aliphatic heterocycles. The summed E-state index contributed by atoms with van der Waals surface area (Å²) in [6.07, 6.45) is 10.0. The second-order valence-corrected chi connectivity index (χ2v) is 6.64. The van der Waals surface area contributed by atoms with Crippen LogP contribution in [-0.2, 0) is 0 Å². The van der Waals surface area contributed by atoms with Gasteiger partial charge < -0.3 is 4.90 Å². The van der Waals surface area contributed by atoms with Crippen molar-refractivity contribution in [2.45, 2.75) is 58.4 Å². The van der Waals surface area contributed by atoms with Crippen LogP contribution in [0.25, 0.3) is 0 Å². The van der Waals surface area contributed by atoms with Crippen LogP contribution in [0.1, 0.15) is 62.6 Å². The lowest BCUT2D eigenvalue weighted by atomic mass is 10.0. The van der Waals surface area contributed by atoms with Crippen LogP contribution in [0.2, 0.25) is 0 Å². The van der Waals surface area contributed by atoms with Gasteiger partial charge in [-0.2, -0.15) is 0 Å². The number of hydrogen-bond donors (Lipinski definition) is 0. The molecule has 3 heteroatoms. The summed E-state index contributed by atoms with van der Waals surface area (Å²) in [5.74, 6) is 1.19. The fourth-order valence-electron chi connectivity index (χ4n) is 3.93. The highest BCUT2D eigenvalue weighted by molar-refractivity contribution is 5.44. The fourth-order valence-corrected chi connectivity index (χ4v) is 3.93. The van der Waals surface area contributed by atoms with Crippen LogP contribution in [0.3, 0.4) is 0 Å². The highest BCUT2D eigenvalue weighted by Crippen LogP contribution is 2.34. The lowest BCUT2D eigenvalue weighted by Gasteiger charge is -2.29. The fraction of sp³-hybridized carbons (Fsp3) is 0.722. The number of piperidine rings is 1. The van der Waals surface area contributed by atoms with Gasteiger partial charge in [-0.25, -0.2) is 4.98 Å². The van der Waals surface area contributed by atoms with E-state index in [4.69, 9.17) is 4.98 Å². The number of likely N-dealkylation sites (tertiary alicyclic amines) is 1. The molecular weight excluding hydrogens is 258 g/mol. The van der Waals surface area contributed by atoms with Gasteiger partial charge in [-0.05, 0) is 75.7 Å². The van der Waals surface area contributed by atoms with Crippen molar-refractivity contribution in [1.29, 1.82) is 0 Å². The molecule has 0 aromatic carbocycles. The predicted molar refractivity (Wildman–Crippen MR) is 88.9 cm³/mol. The second kappa shape index (κ2) is 6.78. The van der Waals surface area contributed by atoms with Crippen molar-refractivity contribution >= 4 is 5.82 Å². The summed E-state index contributed by atoms with van der Waals surface area (Å²) in [7, 11) is 0. The minimum atomic E-state index is 0.604. The molecule has 2 saturated heterocycles. The topological polar surface area (TPSA) is 19.4 Å². The average molecular weight is 287 g/mol. The number of aryl methyl sites for hydroxylation is 1. The van der Waals surface area contributed by atoms with Gasteiger partial charge in [0.05, 0.1) is 0 Å². The monoisotopic (exact) mass is 287 g/mol. The Balaban J connectivity index is 1.77. The Kier molecular flexibility index (Phi) is 4.79. The lowest BCUT2D eigenvalue weighted by Crippen LogP contribution is -2.30. The minimum absolute atomic E-state index is 0.604. The van der Waals surface area contributed by atoms with E-state index in [0.717, 1.165) is 0 Å². The van der Waals surface area contributed by atoms with Crippen LogP contribution >= 0.6 is 0 Å². The van der Waals surface area contributed by atoms with Crippen molar-refractivity contribution in [1.82, 2.24) is 9.88 Å². The van der Waals surface area contributed by atoms with Crippen LogP contribution in [0.4, 0.5) is 5.82 Å². The second-order valence-electron chi connectivity index (χ2n) is 6.64. The smallest absolute Gasteiger partial charge is 0.128 e. The highest BCUT2D eigenvalue weighted by atomic mass is 15.2. The first kappa shape index (κ1) is 14.8. The number of pyridine rings is 1. The third-order valence-corrected chi connectivity index (χ3v) is 5.05. The van der Waals surface area contributed by atoms with Crippen LogP contribution in [-0.4, -0.2) is 36.1 Å². The molecule has 0 saturated carbocycles. The molecule has 1 aromatic heterocycles. The first-order valence-corrected chi connectivity index (χ1v) is 8.75. The van der Waals surface area contributed by atoms with E-state index in [1.807, 2.05) is 0 Å². The van der Waals surface area contributed by atoms with E-state index in [-0.39, 0.29) is 0 Å². The average Bonchev–Trinajstić information content (AvgIpc) is 2.96. The van der Waals surface area contributed by atoms with Gasteiger partial charge in [0.15, 0.2) is 0 Å². The molecule has 0 N–H and O–H groups in total. The summed E-state index contributed by atoms with van der Waals surface area (Å²) in [4.78, 5) is 9.90. The normalized spacial score (nSPS) is 23.7. The zero-order valence-corrected chi connectivity index (χ0v) is 13.6. The van der Waals surface area contributed by atoms with Gasteiger partial charge in [-0.3, -0.25) is 4.90 Å². The zero-order chi connectivity index (χ0) is 14.7. The lowest BCUT2D eigenvalue weighted by molar-refractivity contribution is 0.257. The van der Waals surface area contributed by atoms with Gasteiger partial charge in [0.25, 0.3) is 0 Å². The number of hydrogen-bond acceptors (Lipinski definition) is 3. The Labute approximate surface area is 129 Å². The molecule has 0 amide bonds. The summed E-state index contributed by atoms with van der Waals surface area (Å²) in [6.45, 7) is 9.38. The Morgan fingerprint density at radius 2 is 1.95 bits per heavy atom. The molecule has 0 aliphatic carbocycles. The van der Waals surface area contributed by atoms with Crippen LogP contribution in [0, 0.1) is 6.92 Å². The molecule has 21 heavy (non-hydrogen) atoms. The maximum absolute atomic E-state index is 4.80. The Bertz CT molecular complexity index is 466. The van der Waals surface area contributed by atoms with Gasteiger partial charge in [0.1, 0.15) is 5.82 Å². The molecule has 3 heterocycles. The zero-order valence-electron chi connectivity index (χ0n) is 13.6. The molecular formula is C18H29N3. The molecule has 2 aliphatic rings. The minimum Gasteiger partial charge on any atom is -0.357 e. The van der Waals surface area contributed by atoms with Gasteiger partial charge in [0.2, 0.25) is 0 Å². The van der Waals surface area contributed by atoms with Crippen LogP contribution in [0.5, 0.6) is 0 Å². The predicted octanol–water partition coefficient (Wildman–Crippen LogP) is 3.93. The first-order chi connectivity index (χ1) is 10.3. The number of anilines is 1. The molecule has 0 spiro atoms. The van der Waals surface area contributed by atoms with E-state index in [0.29, 0.717) is 6.04 Å². The molecule has 2 fully saturated rings. The van der Waals surface area contributed by atoms with Crippen molar-refractivity contribution in [2.24, 2.45) is 0 Å². The molecule has 3 rings (SSSR count). The Hall–Kier alpha value is -1.09. The molecule has 3 nitrogen and oxygen atoms in total. The van der Waals surface area contributed by atoms with Crippen LogP contribution in [0.15, 0.2) is 12.3 Å².